The van der Waals surface area contributed by atoms with E-state index in [1.165, 1.54) is 51.6 Å². The number of ether oxygens (including phenoxy) is 2. The van der Waals surface area contributed by atoms with Crippen molar-refractivity contribution in [1.29, 1.82) is 0 Å². The van der Waals surface area contributed by atoms with E-state index in [2.05, 4.69) is 25.7 Å². The Morgan fingerprint density at radius 3 is 2.35 bits per heavy atom. The van der Waals surface area contributed by atoms with Crippen LogP contribution in [0.5, 0.6) is 5.75 Å². The number of guanidine groups is 1. The van der Waals surface area contributed by atoms with Gasteiger partial charge in [0.1, 0.15) is 11.5 Å². The van der Waals surface area contributed by atoms with Crippen LogP contribution in [0.1, 0.15) is 0 Å². The van der Waals surface area contributed by atoms with Gasteiger partial charge in [0.15, 0.2) is 5.75 Å². The zero-order valence-corrected chi connectivity index (χ0v) is 17.9. The number of amides is 2. The fourth-order valence-electron chi connectivity index (χ4n) is 2.27. The Kier molecular flexibility index (Phi) is 8.34. The van der Waals surface area contributed by atoms with Crippen molar-refractivity contribution in [3.8, 4) is 5.75 Å². The molecule has 0 unspecified atom stereocenters. The lowest BCUT2D eigenvalue weighted by Crippen LogP contribution is -2.35. The Morgan fingerprint density at radius 1 is 1.03 bits per heavy atom. The molecular weight excluding hydrogens is 428 g/mol. The molecule has 0 bridgehead atoms. The van der Waals surface area contributed by atoms with Gasteiger partial charge < -0.3 is 24.3 Å². The summed E-state index contributed by atoms with van der Waals surface area (Å²) in [5.74, 6) is -0.625. The van der Waals surface area contributed by atoms with Gasteiger partial charge in [0.2, 0.25) is 11.9 Å². The first-order chi connectivity index (χ1) is 14.8. The molecule has 12 heteroatoms. The minimum Gasteiger partial charge on any atom is -0.453 e. The van der Waals surface area contributed by atoms with E-state index in [1.54, 1.807) is 18.2 Å². The van der Waals surface area contributed by atoms with Crippen molar-refractivity contribution < 1.29 is 31.7 Å². The normalized spacial score (nSPS) is 11.4. The average Bonchev–Trinajstić information content (AvgIpc) is 2.75. The number of methoxy groups -OCH3 is 2. The molecular formula is C19H22N4O7S. The summed E-state index contributed by atoms with van der Waals surface area (Å²) in [6.45, 7) is -0.236. The SMILES string of the molecule is CN=C(NC(=O)OC)Nc1ccc(NC(=O)COC)c(OS(=O)(=O)c2ccccc2)c1. The Balaban J connectivity index is 2.37. The predicted molar refractivity (Wildman–Crippen MR) is 114 cm³/mol. The molecule has 0 fully saturated rings. The van der Waals surface area contributed by atoms with Crippen LogP contribution in [0.15, 0.2) is 58.4 Å². The fourth-order valence-corrected chi connectivity index (χ4v) is 3.23. The molecule has 2 aromatic rings. The standard InChI is InChI=1S/C19H22N4O7S/c1-20-18(23-19(25)29-3)21-13-9-10-15(22-17(24)12-28-2)16(11-13)30-31(26,27)14-7-5-4-6-8-14/h4-11H,12H2,1-3H3,(H,22,24)(H2,20,21,23,25). The predicted octanol–water partition coefficient (Wildman–Crippen LogP) is 1.79. The molecule has 31 heavy (non-hydrogen) atoms. The topological polar surface area (TPSA) is 144 Å². The van der Waals surface area contributed by atoms with E-state index in [0.29, 0.717) is 5.69 Å². The lowest BCUT2D eigenvalue weighted by atomic mass is 10.2. The third kappa shape index (κ3) is 6.97. The Hall–Kier alpha value is -3.64. The van der Waals surface area contributed by atoms with Gasteiger partial charge in [0.05, 0.1) is 12.8 Å². The van der Waals surface area contributed by atoms with Gasteiger partial charge in [-0.15, -0.1) is 0 Å². The maximum Gasteiger partial charge on any atom is 0.413 e. The number of benzene rings is 2. The number of carbonyl (C=O) groups is 2. The molecule has 0 saturated heterocycles. The van der Waals surface area contributed by atoms with Crippen LogP contribution in [0.3, 0.4) is 0 Å². The van der Waals surface area contributed by atoms with Crippen LogP contribution >= 0.6 is 0 Å². The van der Waals surface area contributed by atoms with Gasteiger partial charge in [-0.05, 0) is 24.3 Å². The molecule has 0 heterocycles. The molecule has 0 saturated carbocycles. The maximum absolute atomic E-state index is 12.7. The van der Waals surface area contributed by atoms with E-state index in [4.69, 9.17) is 8.92 Å². The molecule has 3 N–H and O–H groups in total. The first-order valence-corrected chi connectivity index (χ1v) is 10.2. The molecule has 0 aliphatic heterocycles. The highest BCUT2D eigenvalue weighted by molar-refractivity contribution is 7.87. The van der Waals surface area contributed by atoms with Crippen molar-refractivity contribution in [2.75, 3.05) is 38.5 Å². The van der Waals surface area contributed by atoms with E-state index in [1.807, 2.05) is 0 Å². The molecule has 2 aromatic carbocycles. The van der Waals surface area contributed by atoms with Crippen LogP contribution in [0, 0.1) is 0 Å². The summed E-state index contributed by atoms with van der Waals surface area (Å²) in [4.78, 5) is 27.1. The van der Waals surface area contributed by atoms with E-state index in [9.17, 15) is 18.0 Å². The van der Waals surface area contributed by atoms with Gasteiger partial charge in [0, 0.05) is 25.9 Å². The highest BCUT2D eigenvalue weighted by Gasteiger charge is 2.20. The molecule has 0 atom stereocenters. The van der Waals surface area contributed by atoms with Gasteiger partial charge in [-0.1, -0.05) is 18.2 Å². The van der Waals surface area contributed by atoms with Crippen molar-refractivity contribution in [2.24, 2.45) is 4.99 Å². The first-order valence-electron chi connectivity index (χ1n) is 8.80. The smallest absolute Gasteiger partial charge is 0.413 e. The highest BCUT2D eigenvalue weighted by Crippen LogP contribution is 2.31. The molecule has 0 aromatic heterocycles. The minimum atomic E-state index is -4.19. The van der Waals surface area contributed by atoms with Crippen molar-refractivity contribution in [2.45, 2.75) is 4.90 Å². The summed E-state index contributed by atoms with van der Waals surface area (Å²) in [6.07, 6.45) is -0.750. The second-order valence-electron chi connectivity index (χ2n) is 5.86. The van der Waals surface area contributed by atoms with Crippen molar-refractivity contribution in [3.63, 3.8) is 0 Å². The zero-order chi connectivity index (χ0) is 22.9. The quantitative estimate of drug-likeness (QED) is 0.329. The number of alkyl carbamates (subject to hydrolysis) is 1. The molecule has 2 amide bonds. The number of rotatable bonds is 7. The molecule has 0 radical (unpaired) electrons. The molecule has 2 rings (SSSR count). The minimum absolute atomic E-state index is 0.0416. The summed E-state index contributed by atoms with van der Waals surface area (Å²) >= 11 is 0. The van der Waals surface area contributed by atoms with Crippen molar-refractivity contribution in [3.05, 3.63) is 48.5 Å². The average molecular weight is 450 g/mol. The molecule has 0 aliphatic carbocycles. The summed E-state index contributed by atoms with van der Waals surface area (Å²) in [5, 5.41) is 7.67. The van der Waals surface area contributed by atoms with Crippen LogP contribution in [0.4, 0.5) is 16.2 Å². The van der Waals surface area contributed by atoms with E-state index in [-0.39, 0.29) is 28.9 Å². The van der Waals surface area contributed by atoms with E-state index >= 15 is 0 Å². The third-order valence-electron chi connectivity index (χ3n) is 3.65. The van der Waals surface area contributed by atoms with Crippen LogP contribution in [-0.2, 0) is 24.4 Å². The summed E-state index contributed by atoms with van der Waals surface area (Å²) < 4.78 is 39.9. The van der Waals surface area contributed by atoms with Crippen molar-refractivity contribution in [1.82, 2.24) is 5.32 Å². The fraction of sp³-hybridized carbons (Fsp3) is 0.211. The number of hydrogen-bond donors (Lipinski definition) is 3. The maximum atomic E-state index is 12.7. The lowest BCUT2D eigenvalue weighted by molar-refractivity contribution is -0.119. The lowest BCUT2D eigenvalue weighted by Gasteiger charge is -2.15. The van der Waals surface area contributed by atoms with Gasteiger partial charge in [-0.25, -0.2) is 4.79 Å². The number of carbonyl (C=O) groups excluding carboxylic acids is 2. The van der Waals surface area contributed by atoms with E-state index < -0.39 is 22.1 Å². The number of hydrogen-bond acceptors (Lipinski definition) is 8. The second-order valence-corrected chi connectivity index (χ2v) is 7.40. The first kappa shape index (κ1) is 23.6. The number of anilines is 2. The molecule has 166 valence electrons. The zero-order valence-electron chi connectivity index (χ0n) is 17.0. The van der Waals surface area contributed by atoms with Crippen LogP contribution in [-0.4, -0.2) is 54.3 Å². The second kappa shape index (κ2) is 10.9. The summed E-state index contributed by atoms with van der Waals surface area (Å²) in [5.41, 5.74) is 0.419. The van der Waals surface area contributed by atoms with Crippen LogP contribution in [0.2, 0.25) is 0 Å². The Morgan fingerprint density at radius 2 is 1.74 bits per heavy atom. The largest absolute Gasteiger partial charge is 0.453 e. The Labute approximate surface area is 179 Å². The van der Waals surface area contributed by atoms with Gasteiger partial charge in [-0.2, -0.15) is 8.42 Å². The van der Waals surface area contributed by atoms with Crippen molar-refractivity contribution >= 4 is 39.5 Å². The van der Waals surface area contributed by atoms with E-state index in [0.717, 1.165) is 0 Å². The number of nitrogens with one attached hydrogen (secondary N) is 3. The monoisotopic (exact) mass is 450 g/mol. The van der Waals surface area contributed by atoms with Crippen LogP contribution in [0.25, 0.3) is 0 Å². The number of aliphatic imine (C=N–C) groups is 1. The van der Waals surface area contributed by atoms with Gasteiger partial charge >= 0.3 is 16.2 Å². The summed E-state index contributed by atoms with van der Waals surface area (Å²) in [6, 6.07) is 11.8. The molecule has 0 spiro atoms. The van der Waals surface area contributed by atoms with Gasteiger partial charge in [0.25, 0.3) is 0 Å². The molecule has 0 aliphatic rings. The Bertz CT molecular complexity index is 1060. The number of nitrogens with zero attached hydrogens (tertiary/aromatic N) is 1. The summed E-state index contributed by atoms with van der Waals surface area (Å²) in [7, 11) is -0.217. The van der Waals surface area contributed by atoms with Crippen LogP contribution < -0.4 is 20.1 Å². The third-order valence-corrected chi connectivity index (χ3v) is 4.90. The highest BCUT2D eigenvalue weighted by atomic mass is 32.2. The molecule has 11 nitrogen and oxygen atoms in total. The van der Waals surface area contributed by atoms with Gasteiger partial charge in [-0.3, -0.25) is 15.1 Å².